The summed E-state index contributed by atoms with van der Waals surface area (Å²) in [6.07, 6.45) is 1.58. The molecule has 19 heavy (non-hydrogen) atoms. The van der Waals surface area contributed by atoms with E-state index in [1.54, 1.807) is 18.3 Å². The molecule has 0 fully saturated rings. The molecular formula is C13H11BrFN3O. The lowest BCUT2D eigenvalue weighted by Gasteiger charge is -2.16. The van der Waals surface area contributed by atoms with Crippen LogP contribution in [0.1, 0.15) is 11.7 Å². The third-order valence-electron chi connectivity index (χ3n) is 2.49. The number of nitrogens with one attached hydrogen (secondary N) is 1. The zero-order chi connectivity index (χ0) is 13.8. The minimum atomic E-state index is -0.765. The predicted octanol–water partition coefficient (Wildman–Crippen LogP) is 2.62. The van der Waals surface area contributed by atoms with Crippen molar-refractivity contribution in [3.8, 4) is 0 Å². The van der Waals surface area contributed by atoms with Crippen molar-refractivity contribution < 1.29 is 9.18 Å². The summed E-state index contributed by atoms with van der Waals surface area (Å²) < 4.78 is 13.6. The van der Waals surface area contributed by atoms with E-state index in [4.69, 9.17) is 5.73 Å². The molecule has 0 bridgehead atoms. The molecule has 0 aliphatic carbocycles. The third kappa shape index (κ3) is 3.51. The molecule has 4 nitrogen and oxygen atoms in total. The van der Waals surface area contributed by atoms with Crippen LogP contribution in [0.5, 0.6) is 0 Å². The van der Waals surface area contributed by atoms with E-state index in [9.17, 15) is 9.18 Å². The van der Waals surface area contributed by atoms with Crippen molar-refractivity contribution in [1.29, 1.82) is 0 Å². The Morgan fingerprint density at radius 3 is 2.47 bits per heavy atom. The maximum Gasteiger partial charge on any atom is 0.246 e. The number of nitrogens with zero attached hydrogens (tertiary/aromatic N) is 1. The van der Waals surface area contributed by atoms with Gasteiger partial charge in [-0.15, -0.1) is 0 Å². The van der Waals surface area contributed by atoms with E-state index in [0.717, 1.165) is 4.47 Å². The summed E-state index contributed by atoms with van der Waals surface area (Å²) >= 11 is 3.27. The normalized spacial score (nSPS) is 11.9. The molecule has 6 heteroatoms. The van der Waals surface area contributed by atoms with Crippen molar-refractivity contribution in [2.24, 2.45) is 5.73 Å². The van der Waals surface area contributed by atoms with Crippen molar-refractivity contribution in [3.05, 3.63) is 58.6 Å². The van der Waals surface area contributed by atoms with E-state index in [1.165, 1.54) is 24.3 Å². The number of aromatic nitrogens is 1. The molecule has 0 saturated heterocycles. The van der Waals surface area contributed by atoms with E-state index in [1.807, 2.05) is 0 Å². The molecule has 1 atom stereocenters. The van der Waals surface area contributed by atoms with Crippen LogP contribution in [0.15, 0.2) is 47.1 Å². The van der Waals surface area contributed by atoms with Gasteiger partial charge in [0.2, 0.25) is 5.91 Å². The summed E-state index contributed by atoms with van der Waals surface area (Å²) in [5.41, 5.74) is 6.45. The maximum absolute atomic E-state index is 12.8. The van der Waals surface area contributed by atoms with Crippen LogP contribution in [-0.2, 0) is 4.79 Å². The Balaban J connectivity index is 2.23. The minimum absolute atomic E-state index is 0.344. The molecule has 1 unspecified atom stereocenters. The molecule has 1 heterocycles. The molecule has 2 rings (SSSR count). The number of primary amides is 1. The molecule has 0 spiro atoms. The smallest absolute Gasteiger partial charge is 0.246 e. The summed E-state index contributed by atoms with van der Waals surface area (Å²) in [5.74, 6) is -0.901. The zero-order valence-corrected chi connectivity index (χ0v) is 11.4. The molecule has 3 N–H and O–H groups in total. The second-order valence-corrected chi connectivity index (χ2v) is 4.80. The number of pyridine rings is 1. The van der Waals surface area contributed by atoms with Crippen LogP contribution in [0.2, 0.25) is 0 Å². The van der Waals surface area contributed by atoms with Gasteiger partial charge in [0.1, 0.15) is 11.9 Å². The van der Waals surface area contributed by atoms with Crippen LogP contribution in [-0.4, -0.2) is 10.9 Å². The number of hydrogen-bond donors (Lipinski definition) is 2. The summed E-state index contributed by atoms with van der Waals surface area (Å²) in [7, 11) is 0. The van der Waals surface area contributed by atoms with Crippen LogP contribution in [0.25, 0.3) is 0 Å². The van der Waals surface area contributed by atoms with Gasteiger partial charge in [-0.1, -0.05) is 0 Å². The first-order valence-corrected chi connectivity index (χ1v) is 6.28. The van der Waals surface area contributed by atoms with Gasteiger partial charge < -0.3 is 11.1 Å². The van der Waals surface area contributed by atoms with Crippen LogP contribution >= 0.6 is 15.9 Å². The monoisotopic (exact) mass is 323 g/mol. The van der Waals surface area contributed by atoms with Gasteiger partial charge in [-0.2, -0.15) is 0 Å². The van der Waals surface area contributed by atoms with Gasteiger partial charge in [0, 0.05) is 16.4 Å². The molecule has 0 radical (unpaired) electrons. The number of amides is 1. The first-order chi connectivity index (χ1) is 9.06. The summed E-state index contributed by atoms with van der Waals surface area (Å²) in [5, 5.41) is 2.92. The number of carbonyl (C=O) groups is 1. The SMILES string of the molecule is NC(=O)C(Nc1ccc(F)cc1)c1ccc(Br)cn1. The molecule has 0 aliphatic rings. The lowest BCUT2D eigenvalue weighted by atomic mass is 10.1. The van der Waals surface area contributed by atoms with Crippen molar-refractivity contribution in [3.63, 3.8) is 0 Å². The zero-order valence-electron chi connectivity index (χ0n) is 9.81. The summed E-state index contributed by atoms with van der Waals surface area (Å²) in [4.78, 5) is 15.6. The second-order valence-electron chi connectivity index (χ2n) is 3.89. The van der Waals surface area contributed by atoms with Gasteiger partial charge in [-0.3, -0.25) is 9.78 Å². The van der Waals surface area contributed by atoms with Crippen LogP contribution < -0.4 is 11.1 Å². The molecule has 98 valence electrons. The van der Waals surface area contributed by atoms with Gasteiger partial charge in [-0.05, 0) is 52.3 Å². The quantitative estimate of drug-likeness (QED) is 0.908. The average molecular weight is 324 g/mol. The van der Waals surface area contributed by atoms with Gasteiger partial charge in [0.25, 0.3) is 0 Å². The number of hydrogen-bond acceptors (Lipinski definition) is 3. The summed E-state index contributed by atoms with van der Waals surface area (Å²) in [6, 6.07) is 8.36. The maximum atomic E-state index is 12.8. The van der Waals surface area contributed by atoms with E-state index in [0.29, 0.717) is 11.4 Å². The third-order valence-corrected chi connectivity index (χ3v) is 2.95. The molecule has 1 aromatic carbocycles. The highest BCUT2D eigenvalue weighted by atomic mass is 79.9. The van der Waals surface area contributed by atoms with Crippen molar-refractivity contribution >= 4 is 27.5 Å². The van der Waals surface area contributed by atoms with Crippen LogP contribution in [0.4, 0.5) is 10.1 Å². The largest absolute Gasteiger partial charge is 0.369 e. The first-order valence-electron chi connectivity index (χ1n) is 5.49. The van der Waals surface area contributed by atoms with Gasteiger partial charge >= 0.3 is 0 Å². The number of benzene rings is 1. The summed E-state index contributed by atoms with van der Waals surface area (Å²) in [6.45, 7) is 0. The fourth-order valence-corrected chi connectivity index (χ4v) is 1.80. The van der Waals surface area contributed by atoms with Crippen molar-refractivity contribution in [1.82, 2.24) is 4.98 Å². The number of rotatable bonds is 4. The molecule has 0 aliphatic heterocycles. The lowest BCUT2D eigenvalue weighted by molar-refractivity contribution is -0.118. The van der Waals surface area contributed by atoms with Crippen molar-refractivity contribution in [2.75, 3.05) is 5.32 Å². The van der Waals surface area contributed by atoms with Gasteiger partial charge in [-0.25, -0.2) is 4.39 Å². The molecule has 1 amide bonds. The molecular weight excluding hydrogens is 313 g/mol. The fraction of sp³-hybridized carbons (Fsp3) is 0.0769. The number of carbonyl (C=O) groups excluding carboxylic acids is 1. The Kier molecular flexibility index (Phi) is 4.11. The fourth-order valence-electron chi connectivity index (χ4n) is 1.56. The van der Waals surface area contributed by atoms with E-state index < -0.39 is 11.9 Å². The molecule has 2 aromatic rings. The standard InChI is InChI=1S/C13H11BrFN3O/c14-8-1-6-11(17-7-8)12(13(16)19)18-10-4-2-9(15)3-5-10/h1-7,12,18H,(H2,16,19). The molecule has 0 saturated carbocycles. The number of anilines is 1. The van der Waals surface area contributed by atoms with E-state index in [2.05, 4.69) is 26.2 Å². The molecule has 1 aromatic heterocycles. The Bertz CT molecular complexity index is 571. The van der Waals surface area contributed by atoms with Crippen molar-refractivity contribution in [2.45, 2.75) is 6.04 Å². The Labute approximate surface area is 118 Å². The number of halogens is 2. The highest BCUT2D eigenvalue weighted by molar-refractivity contribution is 9.10. The minimum Gasteiger partial charge on any atom is -0.369 e. The second kappa shape index (κ2) is 5.79. The van der Waals surface area contributed by atoms with Gasteiger partial charge in [0.05, 0.1) is 5.69 Å². The first kappa shape index (κ1) is 13.5. The average Bonchev–Trinajstić information content (AvgIpc) is 2.39. The van der Waals surface area contributed by atoms with Crippen LogP contribution in [0, 0.1) is 5.82 Å². The topological polar surface area (TPSA) is 68.0 Å². The predicted molar refractivity (Wildman–Crippen MR) is 73.9 cm³/mol. The highest BCUT2D eigenvalue weighted by Crippen LogP contribution is 2.19. The highest BCUT2D eigenvalue weighted by Gasteiger charge is 2.18. The van der Waals surface area contributed by atoms with E-state index >= 15 is 0 Å². The Morgan fingerprint density at radius 2 is 1.95 bits per heavy atom. The Morgan fingerprint density at radius 1 is 1.26 bits per heavy atom. The lowest BCUT2D eigenvalue weighted by Crippen LogP contribution is -2.28. The van der Waals surface area contributed by atoms with Crippen LogP contribution in [0.3, 0.4) is 0 Å². The van der Waals surface area contributed by atoms with Gasteiger partial charge in [0.15, 0.2) is 0 Å². The van der Waals surface area contributed by atoms with E-state index in [-0.39, 0.29) is 5.82 Å². The Hall–Kier alpha value is -1.95. The number of nitrogens with two attached hydrogens (primary N) is 1.